The number of fused-ring (bicyclic) bond motifs is 2. The molecule has 2 heterocycles. The van der Waals surface area contributed by atoms with Crippen molar-refractivity contribution in [3.05, 3.63) is 81.2 Å². The average Bonchev–Trinajstić information content (AvgIpc) is 3.21. The zero-order valence-electron chi connectivity index (χ0n) is 19.7. The molecule has 0 unspecified atom stereocenters. The van der Waals surface area contributed by atoms with Crippen LogP contribution in [0.25, 0.3) is 11.0 Å². The van der Waals surface area contributed by atoms with Crippen LogP contribution in [0, 0.1) is 18.3 Å². The van der Waals surface area contributed by atoms with E-state index in [0.717, 1.165) is 42.2 Å². The maximum absolute atomic E-state index is 13.4. The van der Waals surface area contributed by atoms with Crippen molar-refractivity contribution in [1.82, 2.24) is 0 Å². The predicted molar refractivity (Wildman–Crippen MR) is 137 cm³/mol. The van der Waals surface area contributed by atoms with Gasteiger partial charge in [0.15, 0.2) is 11.3 Å². The molecule has 0 saturated heterocycles. The van der Waals surface area contributed by atoms with Crippen LogP contribution in [0.2, 0.25) is 0 Å². The number of hydrogen-bond donors (Lipinski definition) is 1. The van der Waals surface area contributed by atoms with E-state index in [1.807, 2.05) is 56.3 Å². The third kappa shape index (κ3) is 4.58. The van der Waals surface area contributed by atoms with E-state index in [9.17, 15) is 10.1 Å². The van der Waals surface area contributed by atoms with Crippen molar-refractivity contribution in [3.63, 3.8) is 0 Å². The molecule has 6 nitrogen and oxygen atoms in total. The first kappa shape index (κ1) is 22.9. The normalized spacial score (nSPS) is 13.3. The van der Waals surface area contributed by atoms with Crippen LogP contribution in [0.1, 0.15) is 51.7 Å². The number of ether oxygens (including phenoxy) is 1. The number of nitriles is 1. The molecule has 5 rings (SSSR count). The number of para-hydroxylation sites is 1. The number of nitrogens with zero attached hydrogens (tertiary/aromatic N) is 2. The molecule has 0 saturated carbocycles. The Morgan fingerprint density at radius 1 is 1.20 bits per heavy atom. The highest BCUT2D eigenvalue weighted by Gasteiger charge is 2.22. The molecule has 7 heteroatoms. The molecule has 0 aliphatic heterocycles. The van der Waals surface area contributed by atoms with Crippen LogP contribution in [0.15, 0.2) is 57.9 Å². The molecule has 2 aromatic carbocycles. The van der Waals surface area contributed by atoms with Gasteiger partial charge in [0, 0.05) is 16.0 Å². The first-order valence-corrected chi connectivity index (χ1v) is 12.6. The molecule has 0 fully saturated rings. The minimum atomic E-state index is -0.332. The third-order valence-corrected chi connectivity index (χ3v) is 7.21. The first-order chi connectivity index (χ1) is 17.1. The van der Waals surface area contributed by atoms with E-state index in [4.69, 9.17) is 14.1 Å². The van der Waals surface area contributed by atoms with Gasteiger partial charge in [-0.05, 0) is 74.9 Å². The zero-order valence-corrected chi connectivity index (χ0v) is 20.5. The maximum Gasteiger partial charge on any atom is 0.261 e. The monoisotopic (exact) mass is 483 g/mol. The average molecular weight is 484 g/mol. The Labute approximate surface area is 207 Å². The van der Waals surface area contributed by atoms with Gasteiger partial charge in [-0.1, -0.05) is 24.3 Å². The number of hydrogen-bond acceptors (Lipinski definition) is 6. The highest BCUT2D eigenvalue weighted by atomic mass is 32.1. The van der Waals surface area contributed by atoms with E-state index in [1.165, 1.54) is 16.2 Å². The number of aryl methyl sites for hydroxylation is 2. The second kappa shape index (κ2) is 9.77. The topological polar surface area (TPSA) is 87.6 Å². The summed E-state index contributed by atoms with van der Waals surface area (Å²) in [6.45, 7) is 4.36. The molecule has 35 heavy (non-hydrogen) atoms. The van der Waals surface area contributed by atoms with Gasteiger partial charge in [0.1, 0.15) is 16.6 Å². The summed E-state index contributed by atoms with van der Waals surface area (Å²) in [7, 11) is 0. The zero-order chi connectivity index (χ0) is 24.4. The number of nitrogens with one attached hydrogen (secondary N) is 1. The molecule has 0 radical (unpaired) electrons. The van der Waals surface area contributed by atoms with Crippen LogP contribution in [0.4, 0.5) is 10.7 Å². The minimum absolute atomic E-state index is 0.157. The summed E-state index contributed by atoms with van der Waals surface area (Å²) < 4.78 is 12.0. The van der Waals surface area contributed by atoms with E-state index in [2.05, 4.69) is 11.4 Å². The second-order valence-corrected chi connectivity index (χ2v) is 9.59. The number of anilines is 1. The van der Waals surface area contributed by atoms with Gasteiger partial charge in [-0.15, -0.1) is 11.3 Å². The van der Waals surface area contributed by atoms with E-state index < -0.39 is 0 Å². The number of carbonyl (C=O) groups is 1. The molecule has 176 valence electrons. The number of amides is 1. The first-order valence-electron chi connectivity index (χ1n) is 11.7. The van der Waals surface area contributed by atoms with Crippen LogP contribution < -0.4 is 15.6 Å². The molecular formula is C28H25N3O3S. The largest absolute Gasteiger partial charge is 0.490 e. The summed E-state index contributed by atoms with van der Waals surface area (Å²) in [5, 5.41) is 14.2. The molecule has 0 atom stereocenters. The van der Waals surface area contributed by atoms with Crippen LogP contribution >= 0.6 is 11.3 Å². The SMILES string of the molecule is CCOc1cccc2cc(C(=O)Nc3cccc(C)c3)/c(=N/c3sc4c(c3C#N)CCCC4)oc12. The van der Waals surface area contributed by atoms with Crippen LogP contribution in [-0.4, -0.2) is 12.5 Å². The van der Waals surface area contributed by atoms with Crippen LogP contribution in [-0.2, 0) is 12.8 Å². The van der Waals surface area contributed by atoms with E-state index in [0.29, 0.717) is 39.8 Å². The number of thiophene rings is 1. The quantitative estimate of drug-likeness (QED) is 0.354. The molecule has 1 amide bonds. The van der Waals surface area contributed by atoms with Crippen molar-refractivity contribution in [2.24, 2.45) is 4.99 Å². The Hall–Kier alpha value is -3.89. The smallest absolute Gasteiger partial charge is 0.261 e. The van der Waals surface area contributed by atoms with Crippen molar-refractivity contribution in [3.8, 4) is 11.8 Å². The standard InChI is InChI=1S/C28H25N3O3S/c1-3-33-23-12-7-9-18-15-21(26(32)30-19-10-6-8-17(2)14-19)27(34-25(18)23)31-28-22(16-29)20-11-4-5-13-24(20)35-28/h6-10,12,14-15H,3-5,11,13H2,1-2H3,(H,30,32)/b31-27-. The number of benzene rings is 2. The Kier molecular flexibility index (Phi) is 6.39. The van der Waals surface area contributed by atoms with Gasteiger partial charge in [-0.25, -0.2) is 4.99 Å². The van der Waals surface area contributed by atoms with Crippen molar-refractivity contribution in [2.45, 2.75) is 39.5 Å². The summed E-state index contributed by atoms with van der Waals surface area (Å²) in [5.74, 6) is 0.250. The summed E-state index contributed by atoms with van der Waals surface area (Å²) in [6, 6.07) is 17.3. The maximum atomic E-state index is 13.4. The van der Waals surface area contributed by atoms with Gasteiger partial charge < -0.3 is 14.5 Å². The lowest BCUT2D eigenvalue weighted by atomic mass is 9.96. The molecule has 1 aliphatic rings. The highest BCUT2D eigenvalue weighted by molar-refractivity contribution is 7.16. The van der Waals surface area contributed by atoms with Crippen LogP contribution in [0.3, 0.4) is 0 Å². The lowest BCUT2D eigenvalue weighted by Gasteiger charge is -2.10. The van der Waals surface area contributed by atoms with Crippen LogP contribution in [0.5, 0.6) is 5.75 Å². The van der Waals surface area contributed by atoms with Gasteiger partial charge in [0.05, 0.1) is 12.2 Å². The van der Waals surface area contributed by atoms with E-state index in [1.54, 1.807) is 6.07 Å². The number of rotatable bonds is 5. The molecule has 1 N–H and O–H groups in total. The van der Waals surface area contributed by atoms with Gasteiger partial charge in [-0.3, -0.25) is 4.79 Å². The van der Waals surface area contributed by atoms with Gasteiger partial charge in [0.2, 0.25) is 5.55 Å². The molecule has 2 aromatic heterocycles. The number of carbonyl (C=O) groups excluding carboxylic acids is 1. The highest BCUT2D eigenvalue weighted by Crippen LogP contribution is 2.39. The van der Waals surface area contributed by atoms with Gasteiger partial charge in [0.25, 0.3) is 5.91 Å². The Balaban J connectivity index is 1.70. The lowest BCUT2D eigenvalue weighted by Crippen LogP contribution is -2.21. The summed E-state index contributed by atoms with van der Waals surface area (Å²) >= 11 is 1.52. The summed E-state index contributed by atoms with van der Waals surface area (Å²) in [6.07, 6.45) is 4.02. The molecule has 1 aliphatic carbocycles. The minimum Gasteiger partial charge on any atom is -0.490 e. The third-order valence-electron chi connectivity index (χ3n) is 6.03. The van der Waals surface area contributed by atoms with E-state index in [-0.39, 0.29) is 11.5 Å². The second-order valence-electron chi connectivity index (χ2n) is 8.51. The Bertz CT molecular complexity index is 1540. The molecule has 0 bridgehead atoms. The molecule has 4 aromatic rings. The Morgan fingerprint density at radius 3 is 2.83 bits per heavy atom. The predicted octanol–water partition coefficient (Wildman–Crippen LogP) is 6.44. The van der Waals surface area contributed by atoms with E-state index >= 15 is 0 Å². The molecule has 0 spiro atoms. The summed E-state index contributed by atoms with van der Waals surface area (Å²) in [5.41, 5.74) is 4.37. The fraction of sp³-hybridized carbons (Fsp3) is 0.250. The van der Waals surface area contributed by atoms with Gasteiger partial charge >= 0.3 is 0 Å². The fourth-order valence-corrected chi connectivity index (χ4v) is 5.61. The van der Waals surface area contributed by atoms with Crippen molar-refractivity contribution < 1.29 is 13.9 Å². The van der Waals surface area contributed by atoms with Crippen molar-refractivity contribution in [2.75, 3.05) is 11.9 Å². The van der Waals surface area contributed by atoms with Gasteiger partial charge in [-0.2, -0.15) is 5.26 Å². The fourth-order valence-electron chi connectivity index (χ4n) is 4.40. The lowest BCUT2D eigenvalue weighted by molar-refractivity contribution is 0.102. The van der Waals surface area contributed by atoms with Crippen molar-refractivity contribution in [1.29, 1.82) is 5.26 Å². The Morgan fingerprint density at radius 2 is 2.03 bits per heavy atom. The summed E-state index contributed by atoms with van der Waals surface area (Å²) in [4.78, 5) is 19.4. The molecular weight excluding hydrogens is 458 g/mol. The van der Waals surface area contributed by atoms with Crippen molar-refractivity contribution >= 4 is 38.9 Å².